The SMILES string of the molecule is CCCN=C1CC(c2ccccc2)CC(=O)/C1=C(/O)CCC. The number of allylic oxidation sites excluding steroid dienone is 2. The van der Waals surface area contributed by atoms with Gasteiger partial charge in [-0.3, -0.25) is 9.79 Å². The van der Waals surface area contributed by atoms with Gasteiger partial charge in [0.05, 0.1) is 5.57 Å². The third-order valence-corrected chi connectivity index (χ3v) is 4.01. The second-order valence-electron chi connectivity index (χ2n) is 5.84. The first-order valence-electron chi connectivity index (χ1n) is 8.21. The van der Waals surface area contributed by atoms with Crippen LogP contribution in [0.5, 0.6) is 0 Å². The van der Waals surface area contributed by atoms with Crippen LogP contribution in [-0.2, 0) is 4.79 Å². The lowest BCUT2D eigenvalue weighted by atomic mass is 9.78. The fourth-order valence-electron chi connectivity index (χ4n) is 2.93. The van der Waals surface area contributed by atoms with Gasteiger partial charge >= 0.3 is 0 Å². The van der Waals surface area contributed by atoms with Crippen molar-refractivity contribution < 1.29 is 9.90 Å². The Kier molecular flexibility index (Phi) is 5.93. The summed E-state index contributed by atoms with van der Waals surface area (Å²) in [6, 6.07) is 10.1. The first-order chi connectivity index (χ1) is 10.7. The molecule has 0 aromatic heterocycles. The molecule has 0 bridgehead atoms. The van der Waals surface area contributed by atoms with Crippen LogP contribution >= 0.6 is 0 Å². The molecule has 0 amide bonds. The lowest BCUT2D eigenvalue weighted by Gasteiger charge is -2.26. The molecule has 1 aromatic rings. The predicted octanol–water partition coefficient (Wildman–Crippen LogP) is 4.60. The molecule has 3 nitrogen and oxygen atoms in total. The number of aliphatic hydroxyl groups excluding tert-OH is 1. The van der Waals surface area contributed by atoms with E-state index in [0.29, 0.717) is 25.0 Å². The van der Waals surface area contributed by atoms with Gasteiger partial charge in [-0.05, 0) is 30.7 Å². The molecule has 0 heterocycles. The van der Waals surface area contributed by atoms with Gasteiger partial charge in [-0.2, -0.15) is 0 Å². The standard InChI is InChI=1S/C19H25NO2/c1-3-8-17(21)19-16(20-11-4-2)12-15(13-18(19)22)14-9-6-5-7-10-14/h5-7,9-10,15,21H,3-4,8,11-13H2,1-2H3/b19-17+,20-16?. The zero-order valence-corrected chi connectivity index (χ0v) is 13.5. The third kappa shape index (κ3) is 3.85. The minimum Gasteiger partial charge on any atom is -0.511 e. The van der Waals surface area contributed by atoms with Crippen molar-refractivity contribution in [1.82, 2.24) is 0 Å². The number of aliphatic imine (C=N–C) groups is 1. The van der Waals surface area contributed by atoms with E-state index in [1.165, 1.54) is 5.56 Å². The van der Waals surface area contributed by atoms with Crippen LogP contribution in [0.15, 0.2) is 46.7 Å². The van der Waals surface area contributed by atoms with E-state index in [4.69, 9.17) is 0 Å². The molecule has 0 saturated heterocycles. The van der Waals surface area contributed by atoms with Crippen molar-refractivity contribution in [2.45, 2.75) is 51.9 Å². The molecule has 0 spiro atoms. The molecule has 1 aliphatic rings. The molecule has 1 unspecified atom stereocenters. The highest BCUT2D eigenvalue weighted by molar-refractivity contribution is 6.24. The fraction of sp³-hybridized carbons (Fsp3) is 0.474. The van der Waals surface area contributed by atoms with Crippen LogP contribution in [0.4, 0.5) is 0 Å². The first-order valence-corrected chi connectivity index (χ1v) is 8.21. The van der Waals surface area contributed by atoms with Gasteiger partial charge in [-0.25, -0.2) is 0 Å². The average molecular weight is 299 g/mol. The minimum absolute atomic E-state index is 0.0286. The summed E-state index contributed by atoms with van der Waals surface area (Å²) < 4.78 is 0. The molecule has 0 radical (unpaired) electrons. The Labute approximate surface area is 132 Å². The number of carbonyl (C=O) groups excluding carboxylic acids is 1. The highest BCUT2D eigenvalue weighted by Crippen LogP contribution is 2.33. The van der Waals surface area contributed by atoms with E-state index < -0.39 is 0 Å². The second-order valence-corrected chi connectivity index (χ2v) is 5.84. The Morgan fingerprint density at radius 3 is 2.55 bits per heavy atom. The number of hydrogen-bond acceptors (Lipinski definition) is 3. The van der Waals surface area contributed by atoms with Crippen molar-refractivity contribution in [1.29, 1.82) is 0 Å². The molecule has 1 atom stereocenters. The maximum atomic E-state index is 12.6. The molecule has 1 aliphatic carbocycles. The zero-order chi connectivity index (χ0) is 15.9. The second kappa shape index (κ2) is 7.92. The van der Waals surface area contributed by atoms with Crippen LogP contribution in [0.2, 0.25) is 0 Å². The quantitative estimate of drug-likeness (QED) is 0.638. The zero-order valence-electron chi connectivity index (χ0n) is 13.5. The highest BCUT2D eigenvalue weighted by Gasteiger charge is 2.31. The molecule has 22 heavy (non-hydrogen) atoms. The number of Topliss-reactive ketones (excluding diaryl/α,β-unsaturated/α-hetero) is 1. The summed E-state index contributed by atoms with van der Waals surface area (Å²) >= 11 is 0. The van der Waals surface area contributed by atoms with Crippen molar-refractivity contribution in [2.75, 3.05) is 6.54 Å². The van der Waals surface area contributed by atoms with Crippen molar-refractivity contribution in [2.24, 2.45) is 4.99 Å². The third-order valence-electron chi connectivity index (χ3n) is 4.01. The first kappa shape index (κ1) is 16.5. The Hall–Kier alpha value is -1.90. The van der Waals surface area contributed by atoms with Crippen LogP contribution in [0.1, 0.15) is 57.4 Å². The topological polar surface area (TPSA) is 49.7 Å². The highest BCUT2D eigenvalue weighted by atomic mass is 16.3. The number of rotatable bonds is 5. The monoisotopic (exact) mass is 299 g/mol. The van der Waals surface area contributed by atoms with E-state index in [0.717, 1.165) is 25.0 Å². The summed E-state index contributed by atoms with van der Waals surface area (Å²) in [4.78, 5) is 17.2. The van der Waals surface area contributed by atoms with Gasteiger partial charge in [-0.15, -0.1) is 0 Å². The summed E-state index contributed by atoms with van der Waals surface area (Å²) in [5, 5.41) is 10.2. The maximum Gasteiger partial charge on any atom is 0.168 e. The van der Waals surface area contributed by atoms with E-state index in [9.17, 15) is 9.90 Å². The number of hydrogen-bond donors (Lipinski definition) is 1. The van der Waals surface area contributed by atoms with Crippen molar-refractivity contribution in [3.05, 3.63) is 47.2 Å². The van der Waals surface area contributed by atoms with E-state index in [2.05, 4.69) is 24.0 Å². The molecule has 1 N–H and O–H groups in total. The molecule has 3 heteroatoms. The molecule has 1 aromatic carbocycles. The summed E-state index contributed by atoms with van der Waals surface area (Å²) in [6.45, 7) is 4.77. The summed E-state index contributed by atoms with van der Waals surface area (Å²) in [6.07, 6.45) is 3.50. The number of aliphatic hydroxyl groups is 1. The Bertz CT molecular complexity index is 572. The van der Waals surface area contributed by atoms with Gasteiger partial charge in [-0.1, -0.05) is 44.2 Å². The van der Waals surface area contributed by atoms with Crippen molar-refractivity contribution >= 4 is 11.5 Å². The molecule has 1 fully saturated rings. The maximum absolute atomic E-state index is 12.6. The summed E-state index contributed by atoms with van der Waals surface area (Å²) in [5.41, 5.74) is 2.45. The number of ketones is 1. The molecule has 0 aliphatic heterocycles. The largest absolute Gasteiger partial charge is 0.511 e. The van der Waals surface area contributed by atoms with Crippen LogP contribution in [0.25, 0.3) is 0 Å². The lowest BCUT2D eigenvalue weighted by Crippen LogP contribution is -2.27. The molecule has 2 rings (SSSR count). The average Bonchev–Trinajstić information content (AvgIpc) is 2.53. The Balaban J connectivity index is 2.33. The van der Waals surface area contributed by atoms with Crippen LogP contribution in [0, 0.1) is 0 Å². The molecular weight excluding hydrogens is 274 g/mol. The van der Waals surface area contributed by atoms with Crippen LogP contribution in [0.3, 0.4) is 0 Å². The Morgan fingerprint density at radius 2 is 1.91 bits per heavy atom. The smallest absolute Gasteiger partial charge is 0.168 e. The van der Waals surface area contributed by atoms with Gasteiger partial charge < -0.3 is 5.11 Å². The lowest BCUT2D eigenvalue weighted by molar-refractivity contribution is -0.115. The number of nitrogens with zero attached hydrogens (tertiary/aromatic N) is 1. The van der Waals surface area contributed by atoms with E-state index >= 15 is 0 Å². The van der Waals surface area contributed by atoms with Gasteiger partial charge in [0.15, 0.2) is 5.78 Å². The van der Waals surface area contributed by atoms with Crippen molar-refractivity contribution in [3.63, 3.8) is 0 Å². The predicted molar refractivity (Wildman–Crippen MR) is 90.6 cm³/mol. The van der Waals surface area contributed by atoms with Crippen molar-refractivity contribution in [3.8, 4) is 0 Å². The number of carbonyl (C=O) groups is 1. The van der Waals surface area contributed by atoms with Gasteiger partial charge in [0, 0.05) is 25.1 Å². The van der Waals surface area contributed by atoms with Gasteiger partial charge in [0.2, 0.25) is 0 Å². The molecule has 1 saturated carbocycles. The molecule has 118 valence electrons. The van der Waals surface area contributed by atoms with E-state index in [1.54, 1.807) is 0 Å². The van der Waals surface area contributed by atoms with Crippen LogP contribution < -0.4 is 0 Å². The normalized spacial score (nSPS) is 22.9. The Morgan fingerprint density at radius 1 is 1.18 bits per heavy atom. The molecular formula is C19H25NO2. The summed E-state index contributed by atoms with van der Waals surface area (Å²) in [7, 11) is 0. The minimum atomic E-state index is 0.0286. The van der Waals surface area contributed by atoms with Gasteiger partial charge in [0.1, 0.15) is 5.76 Å². The van der Waals surface area contributed by atoms with E-state index in [1.807, 2.05) is 25.1 Å². The van der Waals surface area contributed by atoms with E-state index in [-0.39, 0.29) is 17.5 Å². The fourth-order valence-corrected chi connectivity index (χ4v) is 2.93. The number of benzene rings is 1. The van der Waals surface area contributed by atoms with Gasteiger partial charge in [0.25, 0.3) is 0 Å². The van der Waals surface area contributed by atoms with Crippen LogP contribution in [-0.4, -0.2) is 23.1 Å². The summed E-state index contributed by atoms with van der Waals surface area (Å²) in [5.74, 6) is 0.414.